The van der Waals surface area contributed by atoms with Crippen LogP contribution in [0.5, 0.6) is 0 Å². The second kappa shape index (κ2) is 7.39. The lowest BCUT2D eigenvalue weighted by molar-refractivity contribution is -0.135. The van der Waals surface area contributed by atoms with E-state index in [-0.39, 0.29) is 18.8 Å². The van der Waals surface area contributed by atoms with Crippen molar-refractivity contribution < 1.29 is 18.4 Å². The molecule has 2 fully saturated rings. The summed E-state index contributed by atoms with van der Waals surface area (Å²) in [5.74, 6) is -4.17. The molecule has 1 aromatic heterocycles. The Morgan fingerprint density at radius 1 is 1.31 bits per heavy atom. The fraction of sp³-hybridized carbons (Fsp3) is 0.500. The maximum atomic E-state index is 14.2. The Labute approximate surface area is 150 Å². The molecule has 6 nitrogen and oxygen atoms in total. The molecule has 1 aromatic rings. The van der Waals surface area contributed by atoms with Gasteiger partial charge in [-0.2, -0.15) is 0 Å². The number of alkyl halides is 2. The van der Waals surface area contributed by atoms with Gasteiger partial charge in [0.1, 0.15) is 11.7 Å². The van der Waals surface area contributed by atoms with Crippen LogP contribution in [0.2, 0.25) is 0 Å². The highest BCUT2D eigenvalue weighted by molar-refractivity contribution is 5.93. The zero-order valence-electron chi connectivity index (χ0n) is 14.5. The molecule has 0 aliphatic carbocycles. The molecule has 140 valence electrons. The number of nitrogens with zero attached hydrogens (tertiary/aromatic N) is 3. The highest BCUT2D eigenvalue weighted by Gasteiger charge is 2.45. The monoisotopic (exact) mass is 364 g/mol. The Bertz CT molecular complexity index is 704. The van der Waals surface area contributed by atoms with Gasteiger partial charge in [-0.1, -0.05) is 6.58 Å². The topological polar surface area (TPSA) is 65.5 Å². The Kier molecular flexibility index (Phi) is 5.20. The minimum atomic E-state index is -3.08. The van der Waals surface area contributed by atoms with Crippen molar-refractivity contribution in [2.75, 3.05) is 31.1 Å². The summed E-state index contributed by atoms with van der Waals surface area (Å²) in [6, 6.07) is 1.97. The number of piperidine rings is 1. The molecule has 2 aliphatic rings. The lowest BCUT2D eigenvalue weighted by Crippen LogP contribution is -2.59. The van der Waals surface area contributed by atoms with Gasteiger partial charge in [0.05, 0.1) is 0 Å². The lowest BCUT2D eigenvalue weighted by Gasteiger charge is -2.38. The number of rotatable bonds is 4. The number of carbonyl (C=O) groups is 2. The molecule has 1 atom stereocenters. The maximum absolute atomic E-state index is 14.2. The molecule has 2 amide bonds. The minimum Gasteiger partial charge on any atom is -0.371 e. The van der Waals surface area contributed by atoms with Crippen LogP contribution < -0.4 is 10.2 Å². The van der Waals surface area contributed by atoms with Crippen LogP contribution in [-0.4, -0.2) is 59.8 Å². The second-order valence-electron chi connectivity index (χ2n) is 6.62. The van der Waals surface area contributed by atoms with E-state index in [1.165, 1.54) is 11.1 Å². The van der Waals surface area contributed by atoms with E-state index in [1.54, 1.807) is 6.07 Å². The minimum absolute atomic E-state index is 0.0626. The first-order valence-corrected chi connectivity index (χ1v) is 8.72. The molecule has 2 aliphatic heterocycles. The molecule has 3 heterocycles. The van der Waals surface area contributed by atoms with Crippen molar-refractivity contribution >= 4 is 17.5 Å². The van der Waals surface area contributed by atoms with Gasteiger partial charge in [0.15, 0.2) is 0 Å². The summed E-state index contributed by atoms with van der Waals surface area (Å²) in [5, 5.41) is 2.35. The van der Waals surface area contributed by atoms with Crippen molar-refractivity contribution in [1.29, 1.82) is 0 Å². The largest absolute Gasteiger partial charge is 0.371 e. The molecule has 2 saturated heterocycles. The Hall–Kier alpha value is -2.51. The van der Waals surface area contributed by atoms with E-state index in [1.807, 2.05) is 6.07 Å². The summed E-state index contributed by atoms with van der Waals surface area (Å²) in [6.07, 6.45) is 4.27. The van der Waals surface area contributed by atoms with Crippen molar-refractivity contribution in [1.82, 2.24) is 15.2 Å². The molecule has 8 heteroatoms. The average Bonchev–Trinajstić information content (AvgIpc) is 3.17. The number of nitrogens with one attached hydrogen (secondary N) is 1. The first kappa shape index (κ1) is 18.3. The molecule has 3 rings (SSSR count). The van der Waals surface area contributed by atoms with Crippen molar-refractivity contribution in [2.24, 2.45) is 0 Å². The van der Waals surface area contributed by atoms with Crippen LogP contribution >= 0.6 is 0 Å². The first-order valence-electron chi connectivity index (χ1n) is 8.72. The standard InChI is InChI=1S/C18H22F2N4O2/c1-2-16(25)24-10-6-18(19,20)15(12-24)22-17(26)14-11-13(5-7-21-14)23-8-3-4-9-23/h2,5,7,11,15H,1,3-4,6,8-10,12H2,(H,22,26)/t15-/m1/s1. The van der Waals surface area contributed by atoms with Gasteiger partial charge in [-0.05, 0) is 31.1 Å². The van der Waals surface area contributed by atoms with Crippen LogP contribution in [0.1, 0.15) is 29.8 Å². The Morgan fingerprint density at radius 3 is 2.73 bits per heavy atom. The van der Waals surface area contributed by atoms with Gasteiger partial charge in [0.2, 0.25) is 5.91 Å². The van der Waals surface area contributed by atoms with E-state index in [0.29, 0.717) is 0 Å². The normalized spacial score (nSPS) is 22.2. The van der Waals surface area contributed by atoms with Gasteiger partial charge in [0.25, 0.3) is 11.8 Å². The van der Waals surface area contributed by atoms with E-state index in [9.17, 15) is 18.4 Å². The van der Waals surface area contributed by atoms with Gasteiger partial charge in [0, 0.05) is 44.5 Å². The Balaban J connectivity index is 1.72. The van der Waals surface area contributed by atoms with Crippen LogP contribution in [0.25, 0.3) is 0 Å². The van der Waals surface area contributed by atoms with Gasteiger partial charge < -0.3 is 15.1 Å². The van der Waals surface area contributed by atoms with Crippen molar-refractivity contribution in [3.8, 4) is 0 Å². The summed E-state index contributed by atoms with van der Waals surface area (Å²) in [4.78, 5) is 31.6. The number of hydrogen-bond acceptors (Lipinski definition) is 4. The zero-order valence-corrected chi connectivity index (χ0v) is 14.5. The molecule has 1 N–H and O–H groups in total. The summed E-state index contributed by atoms with van der Waals surface area (Å²) in [5.41, 5.74) is 0.957. The van der Waals surface area contributed by atoms with E-state index in [2.05, 4.69) is 21.8 Å². The fourth-order valence-electron chi connectivity index (χ4n) is 3.33. The smallest absolute Gasteiger partial charge is 0.271 e. The molecule has 0 spiro atoms. The van der Waals surface area contributed by atoms with Gasteiger partial charge in [-0.25, -0.2) is 8.78 Å². The van der Waals surface area contributed by atoms with E-state index in [4.69, 9.17) is 0 Å². The number of anilines is 1. The van der Waals surface area contributed by atoms with Crippen molar-refractivity contribution in [2.45, 2.75) is 31.2 Å². The molecule has 0 radical (unpaired) electrons. The summed E-state index contributed by atoms with van der Waals surface area (Å²) in [7, 11) is 0. The summed E-state index contributed by atoms with van der Waals surface area (Å²) < 4.78 is 28.4. The summed E-state index contributed by atoms with van der Waals surface area (Å²) >= 11 is 0. The lowest BCUT2D eigenvalue weighted by atomic mass is 10.0. The molecular formula is C18H22F2N4O2. The Morgan fingerprint density at radius 2 is 2.04 bits per heavy atom. The molecule has 0 bridgehead atoms. The van der Waals surface area contributed by atoms with Gasteiger partial charge in [-0.3, -0.25) is 14.6 Å². The van der Waals surface area contributed by atoms with E-state index >= 15 is 0 Å². The van der Waals surface area contributed by atoms with Crippen LogP contribution in [0.4, 0.5) is 14.5 Å². The van der Waals surface area contributed by atoms with Crippen LogP contribution in [0.15, 0.2) is 31.0 Å². The van der Waals surface area contributed by atoms with Crippen molar-refractivity contribution in [3.05, 3.63) is 36.7 Å². The third-order valence-electron chi connectivity index (χ3n) is 4.87. The average molecular weight is 364 g/mol. The molecule has 0 saturated carbocycles. The van der Waals surface area contributed by atoms with Crippen molar-refractivity contribution in [3.63, 3.8) is 0 Å². The van der Waals surface area contributed by atoms with Gasteiger partial charge in [-0.15, -0.1) is 0 Å². The number of pyridine rings is 1. The quantitative estimate of drug-likeness (QED) is 0.828. The SMILES string of the molecule is C=CC(=O)N1CCC(F)(F)[C@H](NC(=O)c2cc(N3CCCC3)ccn2)C1. The highest BCUT2D eigenvalue weighted by Crippen LogP contribution is 2.29. The number of aromatic nitrogens is 1. The number of amides is 2. The number of hydrogen-bond donors (Lipinski definition) is 1. The zero-order chi connectivity index (χ0) is 18.7. The van der Waals surface area contributed by atoms with Crippen LogP contribution in [0.3, 0.4) is 0 Å². The number of carbonyl (C=O) groups excluding carboxylic acids is 2. The van der Waals surface area contributed by atoms with Gasteiger partial charge >= 0.3 is 0 Å². The number of halogens is 2. The maximum Gasteiger partial charge on any atom is 0.271 e. The highest BCUT2D eigenvalue weighted by atomic mass is 19.3. The fourth-order valence-corrected chi connectivity index (χ4v) is 3.33. The third kappa shape index (κ3) is 3.84. The molecule has 26 heavy (non-hydrogen) atoms. The predicted molar refractivity (Wildman–Crippen MR) is 93.3 cm³/mol. The third-order valence-corrected chi connectivity index (χ3v) is 4.87. The number of likely N-dealkylation sites (tertiary alicyclic amines) is 1. The van der Waals surface area contributed by atoms with E-state index < -0.39 is 30.2 Å². The molecular weight excluding hydrogens is 342 g/mol. The summed E-state index contributed by atoms with van der Waals surface area (Å²) in [6.45, 7) is 4.87. The van der Waals surface area contributed by atoms with E-state index in [0.717, 1.165) is 37.7 Å². The first-order chi connectivity index (χ1) is 12.4. The second-order valence-corrected chi connectivity index (χ2v) is 6.62. The molecule has 0 aromatic carbocycles. The molecule has 0 unspecified atom stereocenters. The van der Waals surface area contributed by atoms with Crippen LogP contribution in [-0.2, 0) is 4.79 Å². The predicted octanol–water partition coefficient (Wildman–Crippen LogP) is 1.83. The van der Waals surface area contributed by atoms with Crippen LogP contribution in [0, 0.1) is 0 Å².